The van der Waals surface area contributed by atoms with Crippen molar-refractivity contribution in [3.05, 3.63) is 321 Å². The van der Waals surface area contributed by atoms with Gasteiger partial charge in [0.15, 0.2) is 5.82 Å². The van der Waals surface area contributed by atoms with Crippen LogP contribution in [0.2, 0.25) is 0 Å². The van der Waals surface area contributed by atoms with E-state index in [1.165, 1.54) is 87.8 Å². The van der Waals surface area contributed by atoms with Crippen molar-refractivity contribution in [2.45, 2.75) is 13.8 Å². The molecule has 0 aliphatic heterocycles. The zero-order chi connectivity index (χ0) is 59.1. The van der Waals surface area contributed by atoms with Crippen LogP contribution in [-0.4, -0.2) is 23.7 Å². The Morgan fingerprint density at radius 3 is 0.955 bits per heavy atom. The molecular weight excluding hydrogens is 1080 g/mol. The molecule has 0 atom stereocenters. The van der Waals surface area contributed by atoms with Gasteiger partial charge in [0, 0.05) is 71.5 Å². The highest BCUT2D eigenvalue weighted by atomic mass is 15.0. The van der Waals surface area contributed by atoms with E-state index in [1.807, 2.05) is 0 Å². The highest BCUT2D eigenvalue weighted by Gasteiger charge is 2.25. The molecule has 17 rings (SSSR count). The van der Waals surface area contributed by atoms with Crippen LogP contribution in [0.1, 0.15) is 11.1 Å². The van der Waals surface area contributed by atoms with E-state index < -0.39 is 0 Å². The van der Waals surface area contributed by atoms with Crippen molar-refractivity contribution in [1.29, 1.82) is 0 Å². The highest BCUT2D eigenvalue weighted by Crippen LogP contribution is 2.47. The van der Waals surface area contributed by atoms with Gasteiger partial charge in [0.05, 0.1) is 50.2 Å². The van der Waals surface area contributed by atoms with E-state index in [2.05, 4.69) is 337 Å². The summed E-state index contributed by atoms with van der Waals surface area (Å²) in [5.41, 5.74) is 26.1. The number of rotatable bonds is 10. The molecule has 4 aromatic heterocycles. The van der Waals surface area contributed by atoms with Gasteiger partial charge in [0.2, 0.25) is 0 Å². The average Bonchev–Trinajstić information content (AvgIpc) is 1.68. The summed E-state index contributed by atoms with van der Waals surface area (Å²) in [5.74, 6) is 0.635. The summed E-state index contributed by atoms with van der Waals surface area (Å²) in [6.45, 7) is 4.34. The molecule has 0 aliphatic rings. The second-order valence-corrected chi connectivity index (χ2v) is 23.5. The molecule has 5 heteroatoms. The largest absolute Gasteiger partial charge is 0.309 e. The van der Waals surface area contributed by atoms with Crippen LogP contribution in [0.5, 0.6) is 0 Å². The van der Waals surface area contributed by atoms with Crippen LogP contribution in [0, 0.1) is 13.8 Å². The van der Waals surface area contributed by atoms with Crippen molar-refractivity contribution in [3.63, 3.8) is 0 Å². The molecule has 0 amide bonds. The summed E-state index contributed by atoms with van der Waals surface area (Å²) in [6.07, 6.45) is 0. The molecule has 418 valence electrons. The first kappa shape index (κ1) is 51.7. The molecule has 17 aromatic rings. The van der Waals surface area contributed by atoms with Gasteiger partial charge in [0.1, 0.15) is 0 Å². The lowest BCUT2D eigenvalue weighted by molar-refractivity contribution is 1.16. The fourth-order valence-electron chi connectivity index (χ4n) is 13.8. The quantitative estimate of drug-likeness (QED) is 0.137. The number of hydrogen-bond acceptors (Lipinski definition) is 2. The van der Waals surface area contributed by atoms with Gasteiger partial charge in [-0.1, -0.05) is 230 Å². The third-order valence-corrected chi connectivity index (χ3v) is 18.0. The van der Waals surface area contributed by atoms with Crippen molar-refractivity contribution < 1.29 is 0 Å². The van der Waals surface area contributed by atoms with E-state index in [4.69, 9.17) is 9.97 Å². The van der Waals surface area contributed by atoms with Gasteiger partial charge >= 0.3 is 0 Å². The fourth-order valence-corrected chi connectivity index (χ4v) is 13.8. The van der Waals surface area contributed by atoms with Gasteiger partial charge in [-0.15, -0.1) is 0 Å². The van der Waals surface area contributed by atoms with E-state index in [1.54, 1.807) is 0 Å². The molecule has 5 nitrogen and oxygen atoms in total. The van der Waals surface area contributed by atoms with Crippen molar-refractivity contribution in [1.82, 2.24) is 23.7 Å². The number of para-hydroxylation sites is 4. The molecule has 89 heavy (non-hydrogen) atoms. The topological polar surface area (TPSA) is 40.6 Å². The molecule has 0 unspecified atom stereocenters. The Balaban J connectivity index is 0.977. The van der Waals surface area contributed by atoms with Crippen molar-refractivity contribution >= 4 is 65.4 Å². The SMILES string of the molecule is Cc1cccc(-c2ccc3c(c2)c2cc(-c4cccc(C)c4)ccc2n3-c2c(-c3ccc(-n4c5ccccc5c5ccccc54)cc3)cc(-c3nc(-c4ccccc4)cc(-c4ccccc4)n3)cc2-c2ccc(-n3c4ccccc4c4ccccc43)cc2)c1. The summed E-state index contributed by atoms with van der Waals surface area (Å²) >= 11 is 0. The number of aryl methyl sites for hydroxylation is 2. The molecule has 0 N–H and O–H groups in total. The third kappa shape index (κ3) is 8.85. The first-order valence-electron chi connectivity index (χ1n) is 30.5. The van der Waals surface area contributed by atoms with Crippen molar-refractivity contribution in [2.75, 3.05) is 0 Å². The second-order valence-electron chi connectivity index (χ2n) is 23.5. The van der Waals surface area contributed by atoms with E-state index >= 15 is 0 Å². The molecule has 4 heterocycles. The predicted molar refractivity (Wildman–Crippen MR) is 373 cm³/mol. The Bertz CT molecular complexity index is 5170. The smallest absolute Gasteiger partial charge is 0.160 e. The Kier molecular flexibility index (Phi) is 12.3. The third-order valence-electron chi connectivity index (χ3n) is 18.0. The highest BCUT2D eigenvalue weighted by molar-refractivity contribution is 6.14. The van der Waals surface area contributed by atoms with Crippen LogP contribution in [0.25, 0.3) is 161 Å². The monoisotopic (exact) mass is 1140 g/mol. The summed E-state index contributed by atoms with van der Waals surface area (Å²) in [4.78, 5) is 11.1. The van der Waals surface area contributed by atoms with E-state index in [9.17, 15) is 0 Å². The maximum atomic E-state index is 5.54. The maximum Gasteiger partial charge on any atom is 0.160 e. The Hall–Kier alpha value is -11.7. The van der Waals surface area contributed by atoms with Gasteiger partial charge < -0.3 is 13.7 Å². The molecule has 0 saturated heterocycles. The Morgan fingerprint density at radius 2 is 0.562 bits per heavy atom. The summed E-state index contributed by atoms with van der Waals surface area (Å²) in [5, 5.41) is 7.25. The van der Waals surface area contributed by atoms with Crippen molar-refractivity contribution in [3.8, 4) is 95.5 Å². The van der Waals surface area contributed by atoms with E-state index in [0.717, 1.165) is 78.4 Å². The summed E-state index contributed by atoms with van der Waals surface area (Å²) in [6, 6.07) is 113. The summed E-state index contributed by atoms with van der Waals surface area (Å²) in [7, 11) is 0. The zero-order valence-corrected chi connectivity index (χ0v) is 49.2. The molecule has 0 aliphatic carbocycles. The minimum atomic E-state index is 0.635. The number of hydrogen-bond donors (Lipinski definition) is 0. The average molecular weight is 1140 g/mol. The minimum Gasteiger partial charge on any atom is -0.309 e. The van der Waals surface area contributed by atoms with Gasteiger partial charge in [-0.3, -0.25) is 0 Å². The van der Waals surface area contributed by atoms with Gasteiger partial charge in [-0.2, -0.15) is 0 Å². The fraction of sp³-hybridized carbons (Fsp3) is 0.0238. The van der Waals surface area contributed by atoms with Gasteiger partial charge in [-0.05, 0) is 138 Å². The first-order chi connectivity index (χ1) is 43.9. The molecule has 13 aromatic carbocycles. The Labute approximate surface area is 516 Å². The van der Waals surface area contributed by atoms with Crippen LogP contribution in [0.4, 0.5) is 0 Å². The number of aromatic nitrogens is 5. The van der Waals surface area contributed by atoms with E-state index in [-0.39, 0.29) is 0 Å². The maximum absolute atomic E-state index is 5.54. The molecular formula is C84H57N5. The van der Waals surface area contributed by atoms with E-state index in [0.29, 0.717) is 5.82 Å². The van der Waals surface area contributed by atoms with Crippen LogP contribution in [0.3, 0.4) is 0 Å². The van der Waals surface area contributed by atoms with Gasteiger partial charge in [0.25, 0.3) is 0 Å². The number of fused-ring (bicyclic) bond motifs is 9. The lowest BCUT2D eigenvalue weighted by Gasteiger charge is -2.22. The van der Waals surface area contributed by atoms with Crippen molar-refractivity contribution in [2.24, 2.45) is 0 Å². The molecule has 0 spiro atoms. The zero-order valence-electron chi connectivity index (χ0n) is 49.2. The van der Waals surface area contributed by atoms with Gasteiger partial charge in [-0.25, -0.2) is 9.97 Å². The minimum absolute atomic E-state index is 0.635. The molecule has 0 radical (unpaired) electrons. The number of nitrogens with zero attached hydrogens (tertiary/aromatic N) is 5. The molecule has 0 fully saturated rings. The van der Waals surface area contributed by atoms with Crippen LogP contribution < -0.4 is 0 Å². The lowest BCUT2D eigenvalue weighted by atomic mass is 9.92. The summed E-state index contributed by atoms with van der Waals surface area (Å²) < 4.78 is 7.33. The standard InChI is InChI=1S/C84H57N5/c1-54-19-17-25-60(47-54)62-39-45-81-73(49-62)74-50-63(61-26-18-20-55(2)48-61)40-46-82(74)89(81)83-71(56-35-41-65(42-36-56)87-77-31-13-9-27-67(77)68-28-10-14-32-78(68)87)51-64(84-85-75(58-21-5-3-6-22-58)53-76(86-84)59-23-7-4-8-24-59)52-72(83)57-37-43-66(44-38-57)88-79-33-15-11-29-69(79)70-30-12-16-34-80(70)88/h3-53H,1-2H3. The molecule has 0 bridgehead atoms. The Morgan fingerprint density at radius 1 is 0.225 bits per heavy atom. The first-order valence-corrected chi connectivity index (χ1v) is 30.5. The molecule has 0 saturated carbocycles. The van der Waals surface area contributed by atoms with Crippen LogP contribution >= 0.6 is 0 Å². The number of benzene rings is 13. The predicted octanol–water partition coefficient (Wildman–Crippen LogP) is 22.1. The van der Waals surface area contributed by atoms with Crippen LogP contribution in [-0.2, 0) is 0 Å². The lowest BCUT2D eigenvalue weighted by Crippen LogP contribution is -2.03. The normalized spacial score (nSPS) is 11.7. The second kappa shape index (κ2) is 21.1. The van der Waals surface area contributed by atoms with Crippen LogP contribution in [0.15, 0.2) is 309 Å².